The van der Waals surface area contributed by atoms with E-state index in [1.54, 1.807) is 6.07 Å². The van der Waals surface area contributed by atoms with Gasteiger partial charge in [0.15, 0.2) is 0 Å². The molecule has 0 bridgehead atoms. The largest absolute Gasteiger partial charge is 0.507 e. The van der Waals surface area contributed by atoms with E-state index in [4.69, 9.17) is 9.47 Å². The summed E-state index contributed by atoms with van der Waals surface area (Å²) >= 11 is 0. The third-order valence-corrected chi connectivity index (χ3v) is 5.29. The minimum atomic E-state index is -0.416. The Morgan fingerprint density at radius 1 is 1.00 bits per heavy atom. The van der Waals surface area contributed by atoms with Crippen LogP contribution in [0.1, 0.15) is 21.6 Å². The van der Waals surface area contributed by atoms with Crippen molar-refractivity contribution in [3.63, 3.8) is 0 Å². The van der Waals surface area contributed by atoms with Crippen LogP contribution < -0.4 is 4.74 Å². The quantitative estimate of drug-likeness (QED) is 0.489. The van der Waals surface area contributed by atoms with Crippen molar-refractivity contribution in [1.29, 1.82) is 0 Å². The molecule has 0 aliphatic carbocycles. The number of carbonyl (C=O) groups excluding carboxylic acids is 1. The van der Waals surface area contributed by atoms with Crippen molar-refractivity contribution in [1.82, 2.24) is 4.57 Å². The van der Waals surface area contributed by atoms with Crippen molar-refractivity contribution in [2.24, 2.45) is 0 Å². The third-order valence-electron chi connectivity index (χ3n) is 5.29. The van der Waals surface area contributed by atoms with Gasteiger partial charge in [-0.2, -0.15) is 0 Å². The maximum atomic E-state index is 12.5. The average Bonchev–Trinajstić information content (AvgIpc) is 3.00. The van der Waals surface area contributed by atoms with Crippen LogP contribution >= 0.6 is 0 Å². The number of ether oxygens (including phenoxy) is 2. The van der Waals surface area contributed by atoms with Crippen LogP contribution in [0.4, 0.5) is 0 Å². The third kappa shape index (κ3) is 3.29. The Morgan fingerprint density at radius 2 is 1.69 bits per heavy atom. The summed E-state index contributed by atoms with van der Waals surface area (Å²) in [5.41, 5.74) is 3.33. The molecular formula is C24H23NO4. The lowest BCUT2D eigenvalue weighted by Crippen LogP contribution is -2.11. The fourth-order valence-corrected chi connectivity index (χ4v) is 3.85. The minimum Gasteiger partial charge on any atom is -0.507 e. The highest BCUT2D eigenvalue weighted by Crippen LogP contribution is 2.37. The first-order chi connectivity index (χ1) is 14.0. The number of fused-ring (bicyclic) bond motifs is 3. The molecule has 4 aromatic rings. The zero-order valence-electron chi connectivity index (χ0n) is 16.7. The topological polar surface area (TPSA) is 60.7 Å². The second-order valence-corrected chi connectivity index (χ2v) is 7.10. The fourth-order valence-electron chi connectivity index (χ4n) is 3.85. The summed E-state index contributed by atoms with van der Waals surface area (Å²) in [6.07, 6.45) is 0. The van der Waals surface area contributed by atoms with E-state index < -0.39 is 5.97 Å². The number of aromatic hydroxyl groups is 1. The molecule has 0 spiro atoms. The molecule has 5 nitrogen and oxygen atoms in total. The number of phenolic OH excluding ortho intramolecular Hbond substituents is 1. The van der Waals surface area contributed by atoms with Crippen LogP contribution in [0.15, 0.2) is 54.6 Å². The van der Waals surface area contributed by atoms with Crippen LogP contribution in [-0.2, 0) is 11.3 Å². The van der Waals surface area contributed by atoms with Gasteiger partial charge in [-0.15, -0.1) is 0 Å². The Bertz CT molecular complexity index is 1210. The molecule has 0 amide bonds. The molecule has 0 fully saturated rings. The number of esters is 1. The summed E-state index contributed by atoms with van der Waals surface area (Å²) in [7, 11) is 1.37. The minimum absolute atomic E-state index is 0.145. The van der Waals surface area contributed by atoms with Gasteiger partial charge in [0.1, 0.15) is 18.1 Å². The lowest BCUT2D eigenvalue weighted by atomic mass is 10.0. The highest BCUT2D eigenvalue weighted by Gasteiger charge is 2.23. The number of methoxy groups -OCH3 is 1. The van der Waals surface area contributed by atoms with E-state index >= 15 is 0 Å². The number of rotatable bonds is 5. The van der Waals surface area contributed by atoms with Crippen molar-refractivity contribution in [3.05, 3.63) is 71.4 Å². The van der Waals surface area contributed by atoms with E-state index in [0.29, 0.717) is 24.1 Å². The molecule has 0 aliphatic rings. The van der Waals surface area contributed by atoms with E-state index in [0.717, 1.165) is 27.7 Å². The summed E-state index contributed by atoms with van der Waals surface area (Å²) in [5.74, 6) is 0.534. The predicted octanol–water partition coefficient (Wildman–Crippen LogP) is 4.98. The molecule has 3 aromatic carbocycles. The first-order valence-corrected chi connectivity index (χ1v) is 9.52. The van der Waals surface area contributed by atoms with Gasteiger partial charge >= 0.3 is 5.97 Å². The lowest BCUT2D eigenvalue weighted by Gasteiger charge is -2.12. The van der Waals surface area contributed by atoms with E-state index in [2.05, 4.69) is 4.57 Å². The Balaban J connectivity index is 1.81. The molecule has 4 rings (SSSR count). The lowest BCUT2D eigenvalue weighted by molar-refractivity contribution is 0.0601. The van der Waals surface area contributed by atoms with Crippen molar-refractivity contribution >= 4 is 27.6 Å². The Hall–Kier alpha value is -3.47. The molecule has 0 saturated heterocycles. The van der Waals surface area contributed by atoms with Gasteiger partial charge in [-0.1, -0.05) is 42.0 Å². The Labute approximate surface area is 169 Å². The smallest absolute Gasteiger partial charge is 0.340 e. The number of aromatic nitrogens is 1. The molecule has 148 valence electrons. The van der Waals surface area contributed by atoms with E-state index in [-0.39, 0.29) is 5.75 Å². The molecule has 1 heterocycles. The summed E-state index contributed by atoms with van der Waals surface area (Å²) in [4.78, 5) is 12.5. The van der Waals surface area contributed by atoms with Crippen molar-refractivity contribution in [2.75, 3.05) is 13.7 Å². The van der Waals surface area contributed by atoms with Gasteiger partial charge in [-0.3, -0.25) is 0 Å². The molecule has 1 aromatic heterocycles. The standard InChI is InChI=1S/C24H23NO4/c1-15-8-10-17(11-9-15)29-13-12-25-16(2)22(24(27)28-3)20-14-21(26)18-6-4-5-7-19(18)23(20)25/h4-11,14,26H,12-13H2,1-3H3. The first-order valence-electron chi connectivity index (χ1n) is 9.52. The molecule has 0 saturated carbocycles. The van der Waals surface area contributed by atoms with Gasteiger partial charge in [0, 0.05) is 21.9 Å². The molecule has 1 N–H and O–H groups in total. The number of hydrogen-bond donors (Lipinski definition) is 1. The number of aryl methyl sites for hydroxylation is 1. The molecule has 0 atom stereocenters. The van der Waals surface area contributed by atoms with Crippen LogP contribution in [0.2, 0.25) is 0 Å². The fraction of sp³-hybridized carbons (Fsp3) is 0.208. The number of carbonyl (C=O) groups is 1. The number of phenols is 1. The first kappa shape index (κ1) is 18.9. The Kier molecular flexibility index (Phi) is 4.89. The van der Waals surface area contributed by atoms with Gasteiger partial charge in [0.2, 0.25) is 0 Å². The van der Waals surface area contributed by atoms with Gasteiger partial charge in [-0.25, -0.2) is 4.79 Å². The zero-order valence-corrected chi connectivity index (χ0v) is 16.7. The van der Waals surface area contributed by atoms with Gasteiger partial charge in [-0.05, 0) is 32.0 Å². The molecular weight excluding hydrogens is 366 g/mol. The predicted molar refractivity (Wildman–Crippen MR) is 114 cm³/mol. The summed E-state index contributed by atoms with van der Waals surface area (Å²) in [5, 5.41) is 12.8. The molecule has 0 unspecified atom stereocenters. The highest BCUT2D eigenvalue weighted by atomic mass is 16.5. The SMILES string of the molecule is COC(=O)c1c(C)n(CCOc2ccc(C)cc2)c2c1cc(O)c1ccccc12. The van der Waals surface area contributed by atoms with Crippen LogP contribution in [0.3, 0.4) is 0 Å². The number of benzene rings is 3. The maximum absolute atomic E-state index is 12.5. The number of nitrogens with zero attached hydrogens (tertiary/aromatic N) is 1. The van der Waals surface area contributed by atoms with Crippen LogP contribution in [0.25, 0.3) is 21.7 Å². The summed E-state index contributed by atoms with van der Waals surface area (Å²) in [6.45, 7) is 4.93. The molecule has 29 heavy (non-hydrogen) atoms. The highest BCUT2D eigenvalue weighted by molar-refractivity contribution is 6.16. The van der Waals surface area contributed by atoms with E-state index in [1.165, 1.54) is 12.7 Å². The molecule has 0 radical (unpaired) electrons. The summed E-state index contributed by atoms with van der Waals surface area (Å²) < 4.78 is 13.0. The van der Waals surface area contributed by atoms with Gasteiger partial charge in [0.05, 0.1) is 24.7 Å². The van der Waals surface area contributed by atoms with E-state index in [9.17, 15) is 9.90 Å². The van der Waals surface area contributed by atoms with Gasteiger partial charge in [0.25, 0.3) is 0 Å². The second-order valence-electron chi connectivity index (χ2n) is 7.10. The summed E-state index contributed by atoms with van der Waals surface area (Å²) in [6, 6.07) is 17.2. The van der Waals surface area contributed by atoms with E-state index in [1.807, 2.05) is 62.4 Å². The van der Waals surface area contributed by atoms with Crippen LogP contribution in [0.5, 0.6) is 11.5 Å². The molecule has 5 heteroatoms. The monoisotopic (exact) mass is 389 g/mol. The van der Waals surface area contributed by atoms with Gasteiger partial charge < -0.3 is 19.1 Å². The maximum Gasteiger partial charge on any atom is 0.340 e. The van der Waals surface area contributed by atoms with Crippen molar-refractivity contribution in [2.45, 2.75) is 20.4 Å². The normalized spacial score (nSPS) is 11.1. The molecule has 0 aliphatic heterocycles. The Morgan fingerprint density at radius 3 is 2.38 bits per heavy atom. The van der Waals surface area contributed by atoms with Crippen molar-refractivity contribution in [3.8, 4) is 11.5 Å². The number of hydrogen-bond acceptors (Lipinski definition) is 4. The van der Waals surface area contributed by atoms with Crippen molar-refractivity contribution < 1.29 is 19.4 Å². The van der Waals surface area contributed by atoms with Crippen LogP contribution in [0, 0.1) is 13.8 Å². The second kappa shape index (κ2) is 7.51. The zero-order chi connectivity index (χ0) is 20.5. The average molecular weight is 389 g/mol. The van der Waals surface area contributed by atoms with Crippen LogP contribution in [-0.4, -0.2) is 29.4 Å².